The van der Waals surface area contributed by atoms with Crippen molar-refractivity contribution in [1.29, 1.82) is 0 Å². The molecule has 100 valence electrons. The van der Waals surface area contributed by atoms with Crippen molar-refractivity contribution in [2.45, 2.75) is 13.5 Å². The van der Waals surface area contributed by atoms with Gasteiger partial charge in [0.05, 0.1) is 6.61 Å². The molecule has 0 bridgehead atoms. The highest BCUT2D eigenvalue weighted by Crippen LogP contribution is 2.17. The summed E-state index contributed by atoms with van der Waals surface area (Å²) in [4.78, 5) is 20.8. The summed E-state index contributed by atoms with van der Waals surface area (Å²) < 4.78 is 4.98. The van der Waals surface area contributed by atoms with E-state index in [0.717, 1.165) is 24.5 Å². The van der Waals surface area contributed by atoms with E-state index in [2.05, 4.69) is 9.88 Å². The second kappa shape index (κ2) is 6.01. The number of amides is 1. The summed E-state index contributed by atoms with van der Waals surface area (Å²) in [5, 5.41) is 0.607. The number of carbonyl (C=O) groups is 1. The van der Waals surface area contributed by atoms with Gasteiger partial charge in [-0.2, -0.15) is 0 Å². The zero-order valence-electron chi connectivity index (χ0n) is 10.5. The number of piperazine rings is 1. The molecule has 2 rings (SSSR count). The molecule has 6 nitrogen and oxygen atoms in total. The molecule has 1 aliphatic heterocycles. The normalized spacial score (nSPS) is 16.8. The van der Waals surface area contributed by atoms with Gasteiger partial charge in [0.25, 0.3) is 0 Å². The number of anilines is 1. The summed E-state index contributed by atoms with van der Waals surface area (Å²) in [5.41, 5.74) is 5.60. The first-order valence-electron chi connectivity index (χ1n) is 6.03. The second-order valence-corrected chi connectivity index (χ2v) is 5.27. The summed E-state index contributed by atoms with van der Waals surface area (Å²) in [6.45, 7) is 6.25. The summed E-state index contributed by atoms with van der Waals surface area (Å²) in [6, 6.07) is 0. The van der Waals surface area contributed by atoms with Crippen LogP contribution >= 0.6 is 11.3 Å². The Balaban J connectivity index is 1.78. The first kappa shape index (κ1) is 13.1. The van der Waals surface area contributed by atoms with Crippen molar-refractivity contribution in [2.75, 3.05) is 38.5 Å². The number of nitrogens with zero attached hydrogens (tertiary/aromatic N) is 3. The molecule has 0 saturated carbocycles. The Labute approximate surface area is 110 Å². The van der Waals surface area contributed by atoms with Crippen LogP contribution in [0.4, 0.5) is 9.93 Å². The largest absolute Gasteiger partial charge is 0.450 e. The predicted molar refractivity (Wildman–Crippen MR) is 70.4 cm³/mol. The lowest BCUT2D eigenvalue weighted by molar-refractivity contribution is 0.0781. The number of nitrogen functional groups attached to an aromatic ring is 1. The molecule has 7 heteroatoms. The Morgan fingerprint density at radius 1 is 1.50 bits per heavy atom. The molecule has 1 aliphatic rings. The maximum atomic E-state index is 11.5. The van der Waals surface area contributed by atoms with Crippen LogP contribution in [0.5, 0.6) is 0 Å². The Bertz CT molecular complexity index is 402. The maximum Gasteiger partial charge on any atom is 0.409 e. The van der Waals surface area contributed by atoms with Crippen molar-refractivity contribution < 1.29 is 9.53 Å². The van der Waals surface area contributed by atoms with Crippen molar-refractivity contribution >= 4 is 22.6 Å². The van der Waals surface area contributed by atoms with Gasteiger partial charge in [0, 0.05) is 43.8 Å². The number of hydrogen-bond acceptors (Lipinski definition) is 6. The summed E-state index contributed by atoms with van der Waals surface area (Å²) in [6.07, 6.45) is 1.61. The van der Waals surface area contributed by atoms with Crippen LogP contribution in [0.1, 0.15) is 11.8 Å². The highest BCUT2D eigenvalue weighted by molar-refractivity contribution is 7.15. The average molecular weight is 270 g/mol. The number of hydrogen-bond donors (Lipinski definition) is 1. The molecule has 0 unspecified atom stereocenters. The average Bonchev–Trinajstić information content (AvgIpc) is 2.76. The van der Waals surface area contributed by atoms with Gasteiger partial charge < -0.3 is 15.4 Å². The molecule has 0 aliphatic carbocycles. The minimum absolute atomic E-state index is 0.209. The molecular weight excluding hydrogens is 252 g/mol. The number of aromatic nitrogens is 1. The van der Waals surface area contributed by atoms with Gasteiger partial charge >= 0.3 is 6.09 Å². The van der Waals surface area contributed by atoms with E-state index in [1.165, 1.54) is 11.3 Å². The molecule has 1 aromatic rings. The lowest BCUT2D eigenvalue weighted by atomic mass is 10.3. The van der Waals surface area contributed by atoms with Gasteiger partial charge in [0.2, 0.25) is 0 Å². The van der Waals surface area contributed by atoms with E-state index in [9.17, 15) is 4.79 Å². The van der Waals surface area contributed by atoms with Gasteiger partial charge in [-0.15, -0.1) is 11.3 Å². The van der Waals surface area contributed by atoms with Crippen molar-refractivity contribution in [2.24, 2.45) is 0 Å². The number of carbonyl (C=O) groups excluding carboxylic acids is 1. The molecule has 1 amide bonds. The van der Waals surface area contributed by atoms with Gasteiger partial charge in [0.15, 0.2) is 5.13 Å². The summed E-state index contributed by atoms with van der Waals surface area (Å²) in [5.74, 6) is 0. The van der Waals surface area contributed by atoms with E-state index >= 15 is 0 Å². The van der Waals surface area contributed by atoms with E-state index in [4.69, 9.17) is 10.5 Å². The lowest BCUT2D eigenvalue weighted by Crippen LogP contribution is -2.48. The predicted octanol–water partition coefficient (Wildman–Crippen LogP) is 0.999. The lowest BCUT2D eigenvalue weighted by Gasteiger charge is -2.33. The number of nitrogens with two attached hydrogens (primary N) is 1. The standard InChI is InChI=1S/C11H18N4O2S/c1-2-17-11(16)15-5-3-14(4-6-15)8-9-7-13-10(12)18-9/h7H,2-6,8H2,1H3,(H2,12,13). The van der Waals surface area contributed by atoms with E-state index in [0.29, 0.717) is 24.8 Å². The van der Waals surface area contributed by atoms with Crippen LogP contribution in [0.25, 0.3) is 0 Å². The zero-order valence-corrected chi connectivity index (χ0v) is 11.3. The Morgan fingerprint density at radius 3 is 2.78 bits per heavy atom. The van der Waals surface area contributed by atoms with E-state index in [1.54, 1.807) is 4.90 Å². The SMILES string of the molecule is CCOC(=O)N1CCN(Cc2cnc(N)s2)CC1. The van der Waals surface area contributed by atoms with E-state index < -0.39 is 0 Å². The first-order valence-corrected chi connectivity index (χ1v) is 6.85. The van der Waals surface area contributed by atoms with Gasteiger partial charge in [-0.25, -0.2) is 9.78 Å². The first-order chi connectivity index (χ1) is 8.69. The molecule has 2 N–H and O–H groups in total. The molecular formula is C11H18N4O2S. The molecule has 0 spiro atoms. The van der Waals surface area contributed by atoms with E-state index in [1.807, 2.05) is 13.1 Å². The number of ether oxygens (including phenoxy) is 1. The minimum Gasteiger partial charge on any atom is -0.450 e. The fraction of sp³-hybridized carbons (Fsp3) is 0.636. The molecule has 1 aromatic heterocycles. The van der Waals surface area contributed by atoms with Crippen LogP contribution in [-0.4, -0.2) is 53.7 Å². The van der Waals surface area contributed by atoms with Gasteiger partial charge in [0.1, 0.15) is 0 Å². The summed E-state index contributed by atoms with van der Waals surface area (Å²) >= 11 is 1.52. The third-order valence-electron chi connectivity index (χ3n) is 2.85. The monoisotopic (exact) mass is 270 g/mol. The Hall–Kier alpha value is -1.34. The fourth-order valence-corrected chi connectivity index (χ4v) is 2.65. The fourth-order valence-electron chi connectivity index (χ4n) is 1.92. The van der Waals surface area contributed by atoms with Gasteiger partial charge in [-0.05, 0) is 6.92 Å². The number of thiazole rings is 1. The highest BCUT2D eigenvalue weighted by Gasteiger charge is 2.22. The number of rotatable bonds is 3. The maximum absolute atomic E-state index is 11.5. The molecule has 0 radical (unpaired) electrons. The van der Waals surface area contributed by atoms with Crippen molar-refractivity contribution in [1.82, 2.24) is 14.8 Å². The van der Waals surface area contributed by atoms with Crippen LogP contribution < -0.4 is 5.73 Å². The molecule has 1 fully saturated rings. The Morgan fingerprint density at radius 2 is 2.22 bits per heavy atom. The zero-order chi connectivity index (χ0) is 13.0. The molecule has 1 saturated heterocycles. The third-order valence-corrected chi connectivity index (χ3v) is 3.66. The molecule has 18 heavy (non-hydrogen) atoms. The van der Waals surface area contributed by atoms with Crippen LogP contribution in [-0.2, 0) is 11.3 Å². The van der Waals surface area contributed by atoms with Crippen LogP contribution in [0.2, 0.25) is 0 Å². The quantitative estimate of drug-likeness (QED) is 0.887. The molecule has 0 atom stereocenters. The second-order valence-electron chi connectivity index (χ2n) is 4.13. The van der Waals surface area contributed by atoms with Crippen LogP contribution in [0.15, 0.2) is 6.20 Å². The van der Waals surface area contributed by atoms with Gasteiger partial charge in [-0.1, -0.05) is 0 Å². The van der Waals surface area contributed by atoms with Crippen molar-refractivity contribution in [3.8, 4) is 0 Å². The molecule has 2 heterocycles. The van der Waals surface area contributed by atoms with Crippen LogP contribution in [0.3, 0.4) is 0 Å². The van der Waals surface area contributed by atoms with Crippen molar-refractivity contribution in [3.05, 3.63) is 11.1 Å². The Kier molecular flexibility index (Phi) is 4.38. The minimum atomic E-state index is -0.209. The topological polar surface area (TPSA) is 71.7 Å². The van der Waals surface area contributed by atoms with Crippen LogP contribution in [0, 0.1) is 0 Å². The third kappa shape index (κ3) is 3.33. The van der Waals surface area contributed by atoms with Crippen molar-refractivity contribution in [3.63, 3.8) is 0 Å². The summed E-state index contributed by atoms with van der Waals surface area (Å²) in [7, 11) is 0. The molecule has 0 aromatic carbocycles. The highest BCUT2D eigenvalue weighted by atomic mass is 32.1. The smallest absolute Gasteiger partial charge is 0.409 e. The van der Waals surface area contributed by atoms with Gasteiger partial charge in [-0.3, -0.25) is 4.90 Å². The van der Waals surface area contributed by atoms with E-state index in [-0.39, 0.29) is 6.09 Å².